The van der Waals surface area contributed by atoms with E-state index >= 15 is 0 Å². The van der Waals surface area contributed by atoms with Crippen LogP contribution in [0.1, 0.15) is 18.6 Å². The molecule has 3 N–H and O–H groups in total. The second-order valence-electron chi connectivity index (χ2n) is 8.75. The molecule has 6 heterocycles. The lowest BCUT2D eigenvalue weighted by atomic mass is 9.91. The number of anilines is 2. The summed E-state index contributed by atoms with van der Waals surface area (Å²) in [5.41, 5.74) is 6.19. The number of nitrogens with one attached hydrogen (secondary N) is 1. The van der Waals surface area contributed by atoms with Crippen molar-refractivity contribution in [2.45, 2.75) is 25.4 Å². The molecular weight excluding hydrogens is 422 g/mol. The van der Waals surface area contributed by atoms with Crippen molar-refractivity contribution in [3.63, 3.8) is 0 Å². The van der Waals surface area contributed by atoms with Crippen LogP contribution in [0.15, 0.2) is 45.6 Å². The van der Waals surface area contributed by atoms with Crippen molar-refractivity contribution in [1.82, 2.24) is 34.8 Å². The van der Waals surface area contributed by atoms with E-state index in [9.17, 15) is 0 Å². The van der Waals surface area contributed by atoms with Crippen LogP contribution in [0.5, 0.6) is 0 Å². The van der Waals surface area contributed by atoms with Crippen molar-refractivity contribution in [2.75, 3.05) is 43.4 Å². The summed E-state index contributed by atoms with van der Waals surface area (Å²) in [4.78, 5) is 18.5. The van der Waals surface area contributed by atoms with E-state index in [0.717, 1.165) is 51.4 Å². The van der Waals surface area contributed by atoms with Crippen molar-refractivity contribution < 1.29 is 8.83 Å². The number of hydrogen-bond donors (Lipinski definition) is 2. The normalized spacial score (nSPS) is 21.5. The van der Waals surface area contributed by atoms with E-state index in [0.29, 0.717) is 35.3 Å². The molecule has 4 aromatic rings. The fourth-order valence-corrected chi connectivity index (χ4v) is 4.86. The number of hydrogen-bond acceptors (Lipinski definition) is 10. The zero-order valence-electron chi connectivity index (χ0n) is 18.3. The van der Waals surface area contributed by atoms with Crippen LogP contribution < -0.4 is 16.0 Å². The summed E-state index contributed by atoms with van der Waals surface area (Å²) in [6.07, 6.45) is 5.68. The molecular formula is C22H27N9O2. The van der Waals surface area contributed by atoms with E-state index < -0.39 is 0 Å². The molecule has 11 heteroatoms. The number of piperazine rings is 1. The highest BCUT2D eigenvalue weighted by atomic mass is 16.3. The largest absolute Gasteiger partial charge is 0.468 e. The fraction of sp³-hybridized carbons (Fsp3) is 0.455. The molecule has 0 spiro atoms. The molecule has 0 aliphatic carbocycles. The van der Waals surface area contributed by atoms with Crippen LogP contribution in [0, 0.1) is 5.92 Å². The Kier molecular flexibility index (Phi) is 5.19. The van der Waals surface area contributed by atoms with Crippen molar-refractivity contribution in [3.05, 3.63) is 42.6 Å². The van der Waals surface area contributed by atoms with E-state index in [1.54, 1.807) is 24.7 Å². The molecule has 0 radical (unpaired) electrons. The standard InChI is InChI=1S/C22H27N9O2/c23-20-26-21(27-22-25-19(28-31(20)22)18-4-2-10-33-18)30-8-7-29-13-15(5-6-16(29)14-30)11-24-12-17-3-1-9-32-17/h1-4,9-10,15-16,24H,5-8,11-14H2,(H2,23,25,26,27,28). The summed E-state index contributed by atoms with van der Waals surface area (Å²) >= 11 is 0. The fourth-order valence-electron chi connectivity index (χ4n) is 4.86. The summed E-state index contributed by atoms with van der Waals surface area (Å²) in [6.45, 7) is 5.64. The SMILES string of the molecule is Nc1nc(N2CCN3CC(CNCc4ccco4)CCC3C2)nc2nc(-c3ccco3)nn12. The van der Waals surface area contributed by atoms with Crippen molar-refractivity contribution >= 4 is 17.7 Å². The van der Waals surface area contributed by atoms with Gasteiger partial charge in [0, 0.05) is 32.2 Å². The van der Waals surface area contributed by atoms with Gasteiger partial charge >= 0.3 is 0 Å². The van der Waals surface area contributed by atoms with E-state index in [1.807, 2.05) is 12.1 Å². The molecule has 2 aliphatic rings. The lowest BCUT2D eigenvalue weighted by Gasteiger charge is -2.46. The van der Waals surface area contributed by atoms with E-state index in [4.69, 9.17) is 14.6 Å². The van der Waals surface area contributed by atoms with Gasteiger partial charge in [0.2, 0.25) is 17.7 Å². The van der Waals surface area contributed by atoms with Crippen molar-refractivity contribution in [3.8, 4) is 11.6 Å². The van der Waals surface area contributed by atoms with Gasteiger partial charge < -0.3 is 24.8 Å². The molecule has 0 amide bonds. The number of nitrogens with two attached hydrogens (primary N) is 1. The van der Waals surface area contributed by atoms with Gasteiger partial charge in [0.1, 0.15) is 5.76 Å². The predicted molar refractivity (Wildman–Crippen MR) is 121 cm³/mol. The topological polar surface area (TPSA) is 127 Å². The lowest BCUT2D eigenvalue weighted by Crippen LogP contribution is -2.57. The first kappa shape index (κ1) is 20.2. The number of aromatic nitrogens is 5. The molecule has 2 fully saturated rings. The molecule has 33 heavy (non-hydrogen) atoms. The first-order valence-corrected chi connectivity index (χ1v) is 11.4. The summed E-state index contributed by atoms with van der Waals surface area (Å²) < 4.78 is 12.3. The Morgan fingerprint density at radius 2 is 1.94 bits per heavy atom. The van der Waals surface area contributed by atoms with Gasteiger partial charge in [0.15, 0.2) is 5.76 Å². The molecule has 2 atom stereocenters. The Balaban J connectivity index is 1.10. The highest BCUT2D eigenvalue weighted by Gasteiger charge is 2.34. The average Bonchev–Trinajstić information content (AvgIpc) is 3.60. The minimum atomic E-state index is 0.272. The maximum atomic E-state index is 6.19. The van der Waals surface area contributed by atoms with Crippen LogP contribution in [0.25, 0.3) is 17.4 Å². The van der Waals surface area contributed by atoms with E-state index in [2.05, 4.69) is 35.2 Å². The Morgan fingerprint density at radius 3 is 2.79 bits per heavy atom. The second-order valence-corrected chi connectivity index (χ2v) is 8.75. The van der Waals surface area contributed by atoms with E-state index in [1.165, 1.54) is 10.9 Å². The monoisotopic (exact) mass is 449 g/mol. The maximum Gasteiger partial charge on any atom is 0.259 e. The number of nitrogens with zero attached hydrogens (tertiary/aromatic N) is 7. The molecule has 6 rings (SSSR count). The Hall–Kier alpha value is -3.44. The predicted octanol–water partition coefficient (Wildman–Crippen LogP) is 1.64. The van der Waals surface area contributed by atoms with Gasteiger partial charge in [-0.15, -0.1) is 5.10 Å². The van der Waals surface area contributed by atoms with Crippen LogP contribution >= 0.6 is 0 Å². The summed E-state index contributed by atoms with van der Waals surface area (Å²) in [5.74, 6) is 3.97. The molecule has 172 valence electrons. The van der Waals surface area contributed by atoms with E-state index in [-0.39, 0.29) is 5.95 Å². The van der Waals surface area contributed by atoms with Gasteiger partial charge in [0.25, 0.3) is 5.78 Å². The molecule has 2 saturated heterocycles. The highest BCUT2D eigenvalue weighted by molar-refractivity contribution is 5.53. The van der Waals surface area contributed by atoms with Crippen molar-refractivity contribution in [2.24, 2.45) is 5.92 Å². The van der Waals surface area contributed by atoms with Gasteiger partial charge in [-0.2, -0.15) is 19.5 Å². The Morgan fingerprint density at radius 1 is 1.03 bits per heavy atom. The van der Waals surface area contributed by atoms with Gasteiger partial charge in [-0.3, -0.25) is 4.90 Å². The minimum Gasteiger partial charge on any atom is -0.468 e. The third-order valence-electron chi connectivity index (χ3n) is 6.56. The van der Waals surface area contributed by atoms with Gasteiger partial charge in [-0.1, -0.05) is 0 Å². The van der Waals surface area contributed by atoms with Gasteiger partial charge in [-0.05, 0) is 49.6 Å². The Bertz CT molecular complexity index is 1200. The van der Waals surface area contributed by atoms with Crippen LogP contribution in [0.3, 0.4) is 0 Å². The minimum absolute atomic E-state index is 0.272. The molecule has 0 bridgehead atoms. The number of piperidine rings is 1. The maximum absolute atomic E-state index is 6.19. The van der Waals surface area contributed by atoms with Crippen molar-refractivity contribution in [1.29, 1.82) is 0 Å². The molecule has 4 aromatic heterocycles. The van der Waals surface area contributed by atoms with Gasteiger partial charge in [0.05, 0.1) is 19.1 Å². The van der Waals surface area contributed by atoms with Crippen LogP contribution in [-0.4, -0.2) is 68.2 Å². The average molecular weight is 450 g/mol. The lowest BCUT2D eigenvalue weighted by molar-refractivity contribution is 0.0943. The zero-order valence-corrected chi connectivity index (χ0v) is 18.3. The first-order valence-electron chi connectivity index (χ1n) is 11.4. The number of fused-ring (bicyclic) bond motifs is 2. The zero-order chi connectivity index (χ0) is 22.2. The van der Waals surface area contributed by atoms with Crippen LogP contribution in [0.2, 0.25) is 0 Å². The summed E-state index contributed by atoms with van der Waals surface area (Å²) in [6, 6.07) is 8.04. The molecule has 0 saturated carbocycles. The summed E-state index contributed by atoms with van der Waals surface area (Å²) in [7, 11) is 0. The quantitative estimate of drug-likeness (QED) is 0.448. The summed E-state index contributed by atoms with van der Waals surface area (Å²) in [5, 5.41) is 7.92. The first-order chi connectivity index (χ1) is 16.2. The Labute approximate surface area is 190 Å². The third-order valence-corrected chi connectivity index (χ3v) is 6.56. The van der Waals surface area contributed by atoms with Crippen LogP contribution in [-0.2, 0) is 6.54 Å². The highest BCUT2D eigenvalue weighted by Crippen LogP contribution is 2.27. The third kappa shape index (κ3) is 4.05. The number of furan rings is 2. The second kappa shape index (κ2) is 8.49. The molecule has 0 aromatic carbocycles. The molecule has 2 unspecified atom stereocenters. The number of nitrogen functional groups attached to an aromatic ring is 1. The molecule has 2 aliphatic heterocycles. The van der Waals surface area contributed by atoms with Gasteiger partial charge in [-0.25, -0.2) is 0 Å². The smallest absolute Gasteiger partial charge is 0.259 e. The number of rotatable bonds is 6. The van der Waals surface area contributed by atoms with Crippen LogP contribution in [0.4, 0.5) is 11.9 Å². The molecule has 11 nitrogen and oxygen atoms in total.